The average Bonchev–Trinajstić information content (AvgIpc) is 2.89. The molecule has 0 unspecified atom stereocenters. The molecule has 0 radical (unpaired) electrons. The van der Waals surface area contributed by atoms with E-state index in [4.69, 9.17) is 4.74 Å². The van der Waals surface area contributed by atoms with Gasteiger partial charge in [-0.2, -0.15) is 0 Å². The minimum absolute atomic E-state index is 0.118. The van der Waals surface area contributed by atoms with E-state index >= 15 is 0 Å². The molecular formula is C29H45FN2O3S. The number of Topliss-reactive ketones (excluding diaryl/α,β-unsaturated/α-hetero) is 1. The van der Waals surface area contributed by atoms with E-state index in [9.17, 15) is 14.0 Å². The highest BCUT2D eigenvalue weighted by Crippen LogP contribution is 2.27. The Morgan fingerprint density at radius 2 is 1.75 bits per heavy atom. The average molecular weight is 521 g/mol. The fourth-order valence-electron chi connectivity index (χ4n) is 3.47. The quantitative estimate of drug-likeness (QED) is 0.293. The molecule has 1 fully saturated rings. The lowest BCUT2D eigenvalue weighted by Crippen LogP contribution is -2.37. The van der Waals surface area contributed by atoms with Crippen molar-refractivity contribution in [1.82, 2.24) is 10.3 Å². The van der Waals surface area contributed by atoms with Crippen LogP contribution in [0.15, 0.2) is 41.4 Å². The molecule has 1 saturated carbocycles. The molecule has 202 valence electrons. The third-order valence-electron chi connectivity index (χ3n) is 5.31. The summed E-state index contributed by atoms with van der Waals surface area (Å²) in [5.41, 5.74) is 0.134. The summed E-state index contributed by atoms with van der Waals surface area (Å²) < 4.78 is 18.6. The van der Waals surface area contributed by atoms with E-state index in [2.05, 4.69) is 17.2 Å². The predicted molar refractivity (Wildman–Crippen MR) is 150 cm³/mol. The minimum Gasteiger partial charge on any atom is -0.438 e. The lowest BCUT2D eigenvalue weighted by Gasteiger charge is -2.26. The molecule has 36 heavy (non-hydrogen) atoms. The van der Waals surface area contributed by atoms with Gasteiger partial charge in [-0.25, -0.2) is 9.37 Å². The zero-order valence-electron chi connectivity index (χ0n) is 23.3. The second-order valence-electron chi connectivity index (χ2n) is 8.12. The molecule has 2 aromatic rings. The summed E-state index contributed by atoms with van der Waals surface area (Å²) >= 11 is 1.58. The number of halogens is 1. The summed E-state index contributed by atoms with van der Waals surface area (Å²) in [5, 5.41) is 3.10. The van der Waals surface area contributed by atoms with Gasteiger partial charge in [0.1, 0.15) is 11.6 Å². The van der Waals surface area contributed by atoms with E-state index in [0.29, 0.717) is 18.2 Å². The third-order valence-corrected chi connectivity index (χ3v) is 6.04. The molecule has 1 aromatic heterocycles. The van der Waals surface area contributed by atoms with Crippen molar-refractivity contribution < 1.29 is 18.7 Å². The SMILES string of the molecule is CC.CC.CCCC(=O)NC1CCC(C)CC1.CSc1cccc(Oc2ncc(F)cc2C(C)=O)c1. The van der Waals surface area contributed by atoms with Crippen molar-refractivity contribution >= 4 is 23.5 Å². The Kier molecular flexibility index (Phi) is 18.4. The van der Waals surface area contributed by atoms with E-state index in [0.717, 1.165) is 29.5 Å². The van der Waals surface area contributed by atoms with Crippen molar-refractivity contribution in [1.29, 1.82) is 0 Å². The Hall–Kier alpha value is -2.41. The summed E-state index contributed by atoms with van der Waals surface area (Å²) in [6, 6.07) is 8.98. The Bertz CT molecular complexity index is 900. The summed E-state index contributed by atoms with van der Waals surface area (Å²) in [6.07, 6.45) is 9.53. The van der Waals surface area contributed by atoms with Gasteiger partial charge in [0, 0.05) is 17.4 Å². The van der Waals surface area contributed by atoms with Crippen LogP contribution in [0.1, 0.15) is 97.3 Å². The molecule has 0 bridgehead atoms. The van der Waals surface area contributed by atoms with Crippen LogP contribution in [0.3, 0.4) is 0 Å². The van der Waals surface area contributed by atoms with Gasteiger partial charge in [0.05, 0.1) is 11.8 Å². The number of amides is 1. The number of carbonyl (C=O) groups excluding carboxylic acids is 2. The molecule has 1 amide bonds. The monoisotopic (exact) mass is 520 g/mol. The molecule has 1 N–H and O–H groups in total. The summed E-state index contributed by atoms with van der Waals surface area (Å²) in [7, 11) is 0. The van der Waals surface area contributed by atoms with Crippen molar-refractivity contribution in [2.75, 3.05) is 6.26 Å². The van der Waals surface area contributed by atoms with Crippen molar-refractivity contribution in [3.05, 3.63) is 47.9 Å². The number of carbonyl (C=O) groups is 2. The van der Waals surface area contributed by atoms with Gasteiger partial charge >= 0.3 is 0 Å². The first-order chi connectivity index (χ1) is 17.3. The molecule has 7 heteroatoms. The standard InChI is InChI=1S/C14H12FNO2S.C11H21NO.2C2H6/c1-9(17)13-6-10(15)8-16-14(13)18-11-4-3-5-12(7-11)19-2;1-3-4-11(13)12-10-7-5-9(2)6-8-10;2*1-2/h3-8H,1-2H3;9-10H,3-8H2,1-2H3,(H,12,13);2*1-2H3. The van der Waals surface area contributed by atoms with E-state index in [-0.39, 0.29) is 23.1 Å². The van der Waals surface area contributed by atoms with E-state index in [1.165, 1.54) is 32.6 Å². The lowest BCUT2D eigenvalue weighted by molar-refractivity contribution is -0.122. The van der Waals surface area contributed by atoms with E-state index < -0.39 is 5.82 Å². The normalized spacial score (nSPS) is 16.0. The number of benzene rings is 1. The van der Waals surface area contributed by atoms with Crippen LogP contribution in [0.5, 0.6) is 11.6 Å². The molecule has 0 atom stereocenters. The van der Waals surface area contributed by atoms with Crippen molar-refractivity contribution in [2.45, 2.75) is 97.9 Å². The first-order valence-electron chi connectivity index (χ1n) is 13.1. The minimum atomic E-state index is -0.560. The number of thioether (sulfide) groups is 1. The first kappa shape index (κ1) is 33.6. The van der Waals surface area contributed by atoms with Gasteiger partial charge in [-0.1, -0.05) is 47.6 Å². The molecule has 0 aliphatic heterocycles. The van der Waals surface area contributed by atoms with E-state index in [1.807, 2.05) is 59.1 Å². The molecule has 1 aliphatic rings. The first-order valence-corrected chi connectivity index (χ1v) is 14.3. The summed E-state index contributed by atoms with van der Waals surface area (Å²) in [6.45, 7) is 13.7. The molecular weight excluding hydrogens is 475 g/mol. The Labute approximate surface area is 222 Å². The van der Waals surface area contributed by atoms with Crippen LogP contribution in [0.4, 0.5) is 4.39 Å². The number of hydrogen-bond acceptors (Lipinski definition) is 5. The Morgan fingerprint density at radius 1 is 1.11 bits per heavy atom. The van der Waals surface area contributed by atoms with Gasteiger partial charge < -0.3 is 10.1 Å². The van der Waals surface area contributed by atoms with Gasteiger partial charge in [-0.05, 0) is 75.5 Å². The maximum absolute atomic E-state index is 13.1. The molecule has 0 saturated heterocycles. The molecule has 1 aromatic carbocycles. The zero-order valence-corrected chi connectivity index (χ0v) is 24.1. The largest absolute Gasteiger partial charge is 0.438 e. The third kappa shape index (κ3) is 13.1. The van der Waals surface area contributed by atoms with Crippen LogP contribution < -0.4 is 10.1 Å². The lowest BCUT2D eigenvalue weighted by atomic mass is 9.87. The highest BCUT2D eigenvalue weighted by molar-refractivity contribution is 7.98. The number of hydrogen-bond donors (Lipinski definition) is 1. The van der Waals surface area contributed by atoms with Crippen molar-refractivity contribution in [3.8, 4) is 11.6 Å². The Balaban J connectivity index is 0.000000630. The highest BCUT2D eigenvalue weighted by atomic mass is 32.2. The van der Waals surface area contributed by atoms with Crippen LogP contribution in [0, 0.1) is 11.7 Å². The van der Waals surface area contributed by atoms with Crippen molar-refractivity contribution in [3.63, 3.8) is 0 Å². The van der Waals surface area contributed by atoms with Gasteiger partial charge in [0.2, 0.25) is 11.8 Å². The zero-order chi connectivity index (χ0) is 27.5. The molecule has 1 heterocycles. The van der Waals surface area contributed by atoms with Gasteiger partial charge in [0.15, 0.2) is 5.78 Å². The topological polar surface area (TPSA) is 68.3 Å². The van der Waals surface area contributed by atoms with E-state index in [1.54, 1.807) is 17.8 Å². The molecule has 3 rings (SSSR count). The van der Waals surface area contributed by atoms with Gasteiger partial charge in [-0.3, -0.25) is 9.59 Å². The molecule has 0 spiro atoms. The van der Waals surface area contributed by atoms with Gasteiger partial charge in [0.25, 0.3) is 0 Å². The maximum Gasteiger partial charge on any atom is 0.230 e. The number of aromatic nitrogens is 1. The van der Waals surface area contributed by atoms with Crippen molar-refractivity contribution in [2.24, 2.45) is 5.92 Å². The fraction of sp³-hybridized carbons (Fsp3) is 0.552. The van der Waals surface area contributed by atoms with Crippen LogP contribution in [0.25, 0.3) is 0 Å². The number of ketones is 1. The number of rotatable bonds is 7. The summed E-state index contributed by atoms with van der Waals surface area (Å²) in [4.78, 5) is 27.6. The van der Waals surface area contributed by atoms with Gasteiger partial charge in [-0.15, -0.1) is 11.8 Å². The van der Waals surface area contributed by atoms with Crippen LogP contribution in [-0.2, 0) is 4.79 Å². The number of nitrogens with zero attached hydrogens (tertiary/aromatic N) is 1. The maximum atomic E-state index is 13.1. The summed E-state index contributed by atoms with van der Waals surface area (Å²) in [5.74, 6) is 0.931. The fourth-order valence-corrected chi connectivity index (χ4v) is 3.92. The van der Waals surface area contributed by atoms with Crippen LogP contribution in [0.2, 0.25) is 0 Å². The van der Waals surface area contributed by atoms with Crippen LogP contribution >= 0.6 is 11.8 Å². The second kappa shape index (κ2) is 19.7. The number of pyridine rings is 1. The predicted octanol–water partition coefficient (Wildman–Crippen LogP) is 8.47. The molecule has 1 aliphatic carbocycles. The van der Waals surface area contributed by atoms with Crippen LogP contribution in [-0.4, -0.2) is 29.0 Å². The smallest absolute Gasteiger partial charge is 0.230 e. The highest BCUT2D eigenvalue weighted by Gasteiger charge is 2.19. The number of nitrogens with one attached hydrogen (secondary N) is 1. The molecule has 5 nitrogen and oxygen atoms in total. The second-order valence-corrected chi connectivity index (χ2v) is 9.00. The number of ether oxygens (including phenoxy) is 1. The Morgan fingerprint density at radius 3 is 2.31 bits per heavy atom.